The normalized spacial score (nSPS) is 11.8. The zero-order chi connectivity index (χ0) is 20.9. The van der Waals surface area contributed by atoms with Crippen LogP contribution in [0.5, 0.6) is 5.75 Å². The van der Waals surface area contributed by atoms with Crippen molar-refractivity contribution in [2.75, 3.05) is 5.32 Å². The summed E-state index contributed by atoms with van der Waals surface area (Å²) in [6, 6.07) is 21.0. The van der Waals surface area contributed by atoms with E-state index >= 15 is 0 Å². The monoisotopic (exact) mass is 417 g/mol. The molecule has 0 atom stereocenters. The molecule has 7 heteroatoms. The molecule has 0 aliphatic heterocycles. The smallest absolute Gasteiger partial charge is 0.406 e. The summed E-state index contributed by atoms with van der Waals surface area (Å²) in [4.78, 5) is 12.9. The van der Waals surface area contributed by atoms with Crippen molar-refractivity contribution in [3.63, 3.8) is 0 Å². The first-order valence-electron chi connectivity index (χ1n) is 8.51. The maximum atomic E-state index is 12.9. The molecule has 0 saturated heterocycles. The first-order chi connectivity index (χ1) is 13.8. The summed E-state index contributed by atoms with van der Waals surface area (Å²) >= 11 is 6.21. The summed E-state index contributed by atoms with van der Waals surface area (Å²) in [6.45, 7) is 0. The van der Waals surface area contributed by atoms with Crippen molar-refractivity contribution in [2.24, 2.45) is 0 Å². The van der Waals surface area contributed by atoms with Crippen LogP contribution in [0.15, 0.2) is 78.9 Å². The van der Waals surface area contributed by atoms with Gasteiger partial charge < -0.3 is 10.1 Å². The molecular weight excluding hydrogens is 403 g/mol. The van der Waals surface area contributed by atoms with Gasteiger partial charge in [0.2, 0.25) is 0 Å². The van der Waals surface area contributed by atoms with Crippen LogP contribution >= 0.6 is 11.6 Å². The molecule has 0 bridgehead atoms. The predicted molar refractivity (Wildman–Crippen MR) is 108 cm³/mol. The van der Waals surface area contributed by atoms with Crippen molar-refractivity contribution in [3.8, 4) is 5.75 Å². The maximum Gasteiger partial charge on any atom is 0.573 e. The lowest BCUT2D eigenvalue weighted by atomic mass is 10.0. The minimum absolute atomic E-state index is 0.325. The van der Waals surface area contributed by atoms with Gasteiger partial charge in [-0.3, -0.25) is 4.79 Å². The molecule has 1 N–H and O–H groups in total. The summed E-state index contributed by atoms with van der Waals surface area (Å²) < 4.78 is 40.7. The van der Waals surface area contributed by atoms with Crippen molar-refractivity contribution in [1.82, 2.24) is 0 Å². The fourth-order valence-electron chi connectivity index (χ4n) is 2.58. The molecule has 0 heterocycles. The Kier molecular flexibility index (Phi) is 6.24. The van der Waals surface area contributed by atoms with E-state index in [0.717, 1.165) is 12.1 Å². The van der Waals surface area contributed by atoms with Crippen LogP contribution in [0.2, 0.25) is 5.02 Å². The molecule has 3 aromatic rings. The number of hydrogen-bond acceptors (Lipinski definition) is 2. The SMILES string of the molecule is O=C(Nc1ccc(OC(F)(F)F)cc1)/C(=C/c1ccccc1Cl)c1ccccc1. The molecule has 3 aromatic carbocycles. The van der Waals surface area contributed by atoms with Crippen molar-refractivity contribution in [3.05, 3.63) is 95.0 Å². The average Bonchev–Trinajstić information content (AvgIpc) is 2.68. The predicted octanol–water partition coefficient (Wildman–Crippen LogP) is 6.42. The number of carbonyl (C=O) groups excluding carboxylic acids is 1. The maximum absolute atomic E-state index is 12.9. The number of ether oxygens (including phenoxy) is 1. The second kappa shape index (κ2) is 8.84. The summed E-state index contributed by atoms with van der Waals surface area (Å²) in [7, 11) is 0. The first kappa shape index (κ1) is 20.5. The molecule has 0 fully saturated rings. The second-order valence-electron chi connectivity index (χ2n) is 5.97. The van der Waals surface area contributed by atoms with Gasteiger partial charge in [0.25, 0.3) is 5.91 Å². The molecule has 148 valence electrons. The highest BCUT2D eigenvalue weighted by Gasteiger charge is 2.31. The highest BCUT2D eigenvalue weighted by molar-refractivity contribution is 6.34. The molecule has 29 heavy (non-hydrogen) atoms. The van der Waals surface area contributed by atoms with Gasteiger partial charge in [0.05, 0.1) is 0 Å². The zero-order valence-electron chi connectivity index (χ0n) is 14.9. The topological polar surface area (TPSA) is 38.3 Å². The van der Waals surface area contributed by atoms with Gasteiger partial charge in [-0.2, -0.15) is 0 Å². The van der Waals surface area contributed by atoms with Crippen LogP contribution in [0.1, 0.15) is 11.1 Å². The van der Waals surface area contributed by atoms with Gasteiger partial charge in [-0.25, -0.2) is 0 Å². The molecule has 3 nitrogen and oxygen atoms in total. The van der Waals surface area contributed by atoms with Gasteiger partial charge in [0.1, 0.15) is 5.75 Å². The highest BCUT2D eigenvalue weighted by Crippen LogP contribution is 2.26. The Balaban J connectivity index is 1.87. The molecule has 1 amide bonds. The van der Waals surface area contributed by atoms with Crippen LogP contribution in [-0.2, 0) is 4.79 Å². The van der Waals surface area contributed by atoms with E-state index in [-0.39, 0.29) is 5.75 Å². The van der Waals surface area contributed by atoms with Gasteiger partial charge in [0.15, 0.2) is 0 Å². The van der Waals surface area contributed by atoms with Crippen molar-refractivity contribution < 1.29 is 22.7 Å². The molecule has 0 saturated carbocycles. The van der Waals surface area contributed by atoms with Crippen LogP contribution in [0.25, 0.3) is 11.6 Å². The number of carbonyl (C=O) groups is 1. The Morgan fingerprint density at radius 3 is 2.14 bits per heavy atom. The van der Waals surface area contributed by atoms with Crippen LogP contribution in [0.3, 0.4) is 0 Å². The van der Waals surface area contributed by atoms with E-state index in [1.165, 1.54) is 12.1 Å². The molecule has 0 radical (unpaired) electrons. The summed E-state index contributed by atoms with van der Waals surface area (Å²) in [5.74, 6) is -0.800. The lowest BCUT2D eigenvalue weighted by molar-refractivity contribution is -0.274. The molecule has 0 aliphatic carbocycles. The number of anilines is 1. The largest absolute Gasteiger partial charge is 0.573 e. The van der Waals surface area contributed by atoms with Crippen molar-refractivity contribution in [2.45, 2.75) is 6.36 Å². The number of rotatable bonds is 5. The van der Waals surface area contributed by atoms with Crippen LogP contribution in [-0.4, -0.2) is 12.3 Å². The quantitative estimate of drug-likeness (QED) is 0.384. The Hall–Kier alpha value is -3.25. The summed E-state index contributed by atoms with van der Waals surface area (Å²) in [5.41, 5.74) is 2.01. The number of hydrogen-bond donors (Lipinski definition) is 1. The first-order valence-corrected chi connectivity index (χ1v) is 8.88. The second-order valence-corrected chi connectivity index (χ2v) is 6.38. The summed E-state index contributed by atoms with van der Waals surface area (Å²) in [5, 5.41) is 3.17. The van der Waals surface area contributed by atoms with Crippen LogP contribution < -0.4 is 10.1 Å². The lowest BCUT2D eigenvalue weighted by Crippen LogP contribution is -2.17. The van der Waals surface area contributed by atoms with E-state index in [2.05, 4.69) is 10.1 Å². The van der Waals surface area contributed by atoms with E-state index in [0.29, 0.717) is 27.4 Å². The molecular formula is C22H15ClF3NO2. The van der Waals surface area contributed by atoms with E-state index in [1.54, 1.807) is 54.6 Å². The lowest BCUT2D eigenvalue weighted by Gasteiger charge is -2.12. The molecule has 0 spiro atoms. The number of halogens is 4. The van der Waals surface area contributed by atoms with E-state index in [1.807, 2.05) is 6.07 Å². The van der Waals surface area contributed by atoms with Gasteiger partial charge in [-0.1, -0.05) is 60.1 Å². The Bertz CT molecular complexity index is 1020. The van der Waals surface area contributed by atoms with Gasteiger partial charge in [0, 0.05) is 16.3 Å². The van der Waals surface area contributed by atoms with Crippen molar-refractivity contribution in [1.29, 1.82) is 0 Å². The Morgan fingerprint density at radius 2 is 1.52 bits per heavy atom. The number of amides is 1. The Morgan fingerprint density at radius 1 is 0.897 bits per heavy atom. The minimum Gasteiger partial charge on any atom is -0.406 e. The fraction of sp³-hybridized carbons (Fsp3) is 0.0455. The number of alkyl halides is 3. The average molecular weight is 418 g/mol. The van der Waals surface area contributed by atoms with Gasteiger partial charge >= 0.3 is 6.36 Å². The van der Waals surface area contributed by atoms with Crippen LogP contribution in [0.4, 0.5) is 18.9 Å². The fourth-order valence-corrected chi connectivity index (χ4v) is 2.77. The van der Waals surface area contributed by atoms with Gasteiger partial charge in [-0.05, 0) is 47.5 Å². The van der Waals surface area contributed by atoms with E-state index in [4.69, 9.17) is 11.6 Å². The van der Waals surface area contributed by atoms with Gasteiger partial charge in [-0.15, -0.1) is 13.2 Å². The highest BCUT2D eigenvalue weighted by atomic mass is 35.5. The summed E-state index contributed by atoms with van der Waals surface area (Å²) in [6.07, 6.45) is -3.11. The van der Waals surface area contributed by atoms with Crippen LogP contribution in [0, 0.1) is 0 Å². The number of nitrogens with one attached hydrogen (secondary N) is 1. The Labute approximate surface area is 170 Å². The molecule has 0 aliphatic rings. The van der Waals surface area contributed by atoms with E-state index in [9.17, 15) is 18.0 Å². The molecule has 3 rings (SSSR count). The third-order valence-corrected chi connectivity index (χ3v) is 4.22. The van der Waals surface area contributed by atoms with E-state index < -0.39 is 12.3 Å². The number of benzene rings is 3. The standard InChI is InChI=1S/C22H15ClF3NO2/c23-20-9-5-4-8-16(20)14-19(15-6-2-1-3-7-15)21(28)27-17-10-12-18(13-11-17)29-22(24,25)26/h1-14H,(H,27,28)/b19-14+. The van der Waals surface area contributed by atoms with Crippen molar-refractivity contribution >= 4 is 34.8 Å². The zero-order valence-corrected chi connectivity index (χ0v) is 15.7. The molecule has 0 aromatic heterocycles. The third-order valence-electron chi connectivity index (χ3n) is 3.88. The minimum atomic E-state index is -4.77. The third kappa shape index (κ3) is 5.86. The molecule has 0 unspecified atom stereocenters.